The van der Waals surface area contributed by atoms with Gasteiger partial charge in [-0.3, -0.25) is 0 Å². The number of hydrogen-bond donors (Lipinski definition) is 1. The van der Waals surface area contributed by atoms with Crippen molar-refractivity contribution in [1.82, 2.24) is 10.2 Å². The first-order valence-electron chi connectivity index (χ1n) is 6.15. The second-order valence-corrected chi connectivity index (χ2v) is 5.27. The molecule has 15 heavy (non-hydrogen) atoms. The van der Waals surface area contributed by atoms with Crippen molar-refractivity contribution in [3.8, 4) is 0 Å². The van der Waals surface area contributed by atoms with Crippen molar-refractivity contribution < 1.29 is 0 Å². The van der Waals surface area contributed by atoms with E-state index >= 15 is 0 Å². The van der Waals surface area contributed by atoms with Crippen molar-refractivity contribution >= 4 is 11.6 Å². The molecule has 0 radical (unpaired) electrons. The lowest BCUT2D eigenvalue weighted by Crippen LogP contribution is -2.34. The van der Waals surface area contributed by atoms with E-state index in [1.54, 1.807) is 0 Å². The first-order chi connectivity index (χ1) is 7.24. The molecule has 0 aromatic rings. The Morgan fingerprint density at radius 2 is 1.87 bits per heavy atom. The molecule has 90 valence electrons. The van der Waals surface area contributed by atoms with Gasteiger partial charge in [-0.15, -0.1) is 11.6 Å². The third-order valence-electron chi connectivity index (χ3n) is 3.41. The summed E-state index contributed by atoms with van der Waals surface area (Å²) in [5, 5.41) is 3.55. The summed E-state index contributed by atoms with van der Waals surface area (Å²) in [7, 11) is 4.23. The molecule has 2 nitrogen and oxygen atoms in total. The molecule has 0 spiro atoms. The van der Waals surface area contributed by atoms with Gasteiger partial charge in [-0.2, -0.15) is 0 Å². The van der Waals surface area contributed by atoms with Gasteiger partial charge in [0.1, 0.15) is 0 Å². The molecule has 2 atom stereocenters. The number of nitrogens with zero attached hydrogens (tertiary/aromatic N) is 1. The molecule has 1 saturated carbocycles. The smallest absolute Gasteiger partial charge is 0.0254 e. The van der Waals surface area contributed by atoms with Crippen molar-refractivity contribution in [2.75, 3.05) is 39.6 Å². The first kappa shape index (κ1) is 13.3. The van der Waals surface area contributed by atoms with E-state index in [1.165, 1.54) is 25.7 Å². The highest BCUT2D eigenvalue weighted by atomic mass is 35.5. The summed E-state index contributed by atoms with van der Waals surface area (Å²) in [5.74, 6) is 2.42. The van der Waals surface area contributed by atoms with E-state index in [0.717, 1.165) is 37.4 Å². The highest BCUT2D eigenvalue weighted by Gasteiger charge is 2.23. The summed E-state index contributed by atoms with van der Waals surface area (Å²) in [5.41, 5.74) is 0. The number of nitrogens with one attached hydrogen (secondary N) is 1. The average Bonchev–Trinajstić information content (AvgIpc) is 2.24. The molecule has 0 heterocycles. The fourth-order valence-corrected chi connectivity index (χ4v) is 2.75. The molecule has 0 saturated heterocycles. The summed E-state index contributed by atoms with van der Waals surface area (Å²) in [6.45, 7) is 3.38. The molecule has 0 amide bonds. The first-order valence-corrected chi connectivity index (χ1v) is 6.69. The van der Waals surface area contributed by atoms with Gasteiger partial charge in [-0.1, -0.05) is 12.8 Å². The van der Waals surface area contributed by atoms with Crippen LogP contribution in [0.3, 0.4) is 0 Å². The van der Waals surface area contributed by atoms with Gasteiger partial charge in [0.05, 0.1) is 0 Å². The Hall–Kier alpha value is 0.210. The number of hydrogen-bond acceptors (Lipinski definition) is 2. The van der Waals surface area contributed by atoms with Gasteiger partial charge in [-0.25, -0.2) is 0 Å². The lowest BCUT2D eigenvalue weighted by atomic mass is 9.80. The van der Waals surface area contributed by atoms with Crippen molar-refractivity contribution in [3.63, 3.8) is 0 Å². The summed E-state index contributed by atoms with van der Waals surface area (Å²) >= 11 is 6.00. The molecule has 3 heteroatoms. The second-order valence-electron chi connectivity index (χ2n) is 4.97. The standard InChI is InChI=1S/C12H25ClN2/c1-15(2)8-7-14-10-12-6-4-3-5-11(12)9-13/h11-12,14H,3-10H2,1-2H3. The lowest BCUT2D eigenvalue weighted by Gasteiger charge is -2.30. The Morgan fingerprint density at radius 3 is 2.47 bits per heavy atom. The Balaban J connectivity index is 2.12. The molecule has 1 aliphatic rings. The van der Waals surface area contributed by atoms with Crippen LogP contribution in [-0.4, -0.2) is 44.5 Å². The summed E-state index contributed by atoms with van der Waals surface area (Å²) in [6.07, 6.45) is 5.48. The molecule has 1 fully saturated rings. The van der Waals surface area contributed by atoms with E-state index in [9.17, 15) is 0 Å². The summed E-state index contributed by atoms with van der Waals surface area (Å²) < 4.78 is 0. The van der Waals surface area contributed by atoms with Gasteiger partial charge in [0, 0.05) is 19.0 Å². The molecule has 0 aliphatic heterocycles. The topological polar surface area (TPSA) is 15.3 Å². The van der Waals surface area contributed by atoms with Crippen LogP contribution in [-0.2, 0) is 0 Å². The zero-order valence-electron chi connectivity index (χ0n) is 10.1. The Kier molecular flexibility index (Phi) is 6.62. The summed E-state index contributed by atoms with van der Waals surface area (Å²) in [4.78, 5) is 2.22. The van der Waals surface area contributed by atoms with Crippen molar-refractivity contribution in [3.05, 3.63) is 0 Å². The van der Waals surface area contributed by atoms with E-state index in [-0.39, 0.29) is 0 Å². The maximum atomic E-state index is 6.00. The van der Waals surface area contributed by atoms with Gasteiger partial charge >= 0.3 is 0 Å². The monoisotopic (exact) mass is 232 g/mol. The minimum atomic E-state index is 0.757. The highest BCUT2D eigenvalue weighted by Crippen LogP contribution is 2.30. The van der Waals surface area contributed by atoms with E-state index in [1.807, 2.05) is 0 Å². The second kappa shape index (κ2) is 7.48. The van der Waals surface area contributed by atoms with Crippen LogP contribution in [0, 0.1) is 11.8 Å². The van der Waals surface area contributed by atoms with Crippen molar-refractivity contribution in [2.45, 2.75) is 25.7 Å². The van der Waals surface area contributed by atoms with Gasteiger partial charge < -0.3 is 10.2 Å². The molecule has 1 aliphatic carbocycles. The maximum Gasteiger partial charge on any atom is 0.0254 e. The zero-order chi connectivity index (χ0) is 11.1. The third-order valence-corrected chi connectivity index (χ3v) is 3.80. The zero-order valence-corrected chi connectivity index (χ0v) is 10.9. The minimum Gasteiger partial charge on any atom is -0.315 e. The van der Waals surface area contributed by atoms with Crippen molar-refractivity contribution in [2.24, 2.45) is 11.8 Å². The lowest BCUT2D eigenvalue weighted by molar-refractivity contribution is 0.248. The predicted octanol–water partition coefficient (Wildman–Crippen LogP) is 2.18. The number of alkyl halides is 1. The van der Waals surface area contributed by atoms with Crippen LogP contribution in [0.15, 0.2) is 0 Å². The number of halogens is 1. The fourth-order valence-electron chi connectivity index (χ4n) is 2.35. The Morgan fingerprint density at radius 1 is 1.20 bits per heavy atom. The van der Waals surface area contributed by atoms with Crippen molar-refractivity contribution in [1.29, 1.82) is 0 Å². The van der Waals surface area contributed by atoms with Crippen LogP contribution >= 0.6 is 11.6 Å². The van der Waals surface area contributed by atoms with Gasteiger partial charge in [0.15, 0.2) is 0 Å². The average molecular weight is 233 g/mol. The van der Waals surface area contributed by atoms with E-state index in [2.05, 4.69) is 24.3 Å². The number of rotatable bonds is 6. The Bertz CT molecular complexity index is 162. The van der Waals surface area contributed by atoms with Gasteiger partial charge in [0.2, 0.25) is 0 Å². The Labute approximate surface area is 99.4 Å². The third kappa shape index (κ3) is 5.19. The summed E-state index contributed by atoms with van der Waals surface area (Å²) in [6, 6.07) is 0. The maximum absolute atomic E-state index is 6.00. The fraction of sp³-hybridized carbons (Fsp3) is 1.00. The van der Waals surface area contributed by atoms with Gasteiger partial charge in [-0.05, 0) is 45.3 Å². The van der Waals surface area contributed by atoms with E-state index < -0.39 is 0 Å². The van der Waals surface area contributed by atoms with Crippen LogP contribution in [0.1, 0.15) is 25.7 Å². The SMILES string of the molecule is CN(C)CCNCC1CCCCC1CCl. The van der Waals surface area contributed by atoms with E-state index in [4.69, 9.17) is 11.6 Å². The normalized spacial score (nSPS) is 27.2. The molecule has 0 aromatic carbocycles. The number of likely N-dealkylation sites (N-methyl/N-ethyl adjacent to an activating group) is 1. The molecule has 1 N–H and O–H groups in total. The minimum absolute atomic E-state index is 0.757. The van der Waals surface area contributed by atoms with Crippen LogP contribution in [0.4, 0.5) is 0 Å². The predicted molar refractivity (Wildman–Crippen MR) is 67.6 cm³/mol. The molecular weight excluding hydrogens is 208 g/mol. The molecule has 1 rings (SSSR count). The largest absolute Gasteiger partial charge is 0.315 e. The molecule has 0 aromatic heterocycles. The van der Waals surface area contributed by atoms with E-state index in [0.29, 0.717) is 0 Å². The van der Waals surface area contributed by atoms with Crippen LogP contribution in [0.5, 0.6) is 0 Å². The molecular formula is C12H25ClN2. The van der Waals surface area contributed by atoms with Gasteiger partial charge in [0.25, 0.3) is 0 Å². The van der Waals surface area contributed by atoms with Crippen LogP contribution in [0.25, 0.3) is 0 Å². The quantitative estimate of drug-likeness (QED) is 0.558. The molecule has 0 bridgehead atoms. The molecule has 2 unspecified atom stereocenters. The van der Waals surface area contributed by atoms with Crippen LogP contribution in [0.2, 0.25) is 0 Å². The van der Waals surface area contributed by atoms with Crippen LogP contribution < -0.4 is 5.32 Å². The highest BCUT2D eigenvalue weighted by molar-refractivity contribution is 6.18.